The largest absolute Gasteiger partial charge is 0.426 e. The summed E-state index contributed by atoms with van der Waals surface area (Å²) < 4.78 is 5.36. The SMILES string of the molecule is CSOc1ccc2c(c1)CCN2C. The first-order valence-corrected chi connectivity index (χ1v) is 5.51. The second kappa shape index (κ2) is 3.50. The Bertz CT molecular complexity index is 314. The molecule has 0 fully saturated rings. The number of hydrogen-bond donors (Lipinski definition) is 0. The van der Waals surface area contributed by atoms with Crippen LogP contribution in [-0.4, -0.2) is 19.8 Å². The van der Waals surface area contributed by atoms with Crippen LogP contribution in [0.3, 0.4) is 0 Å². The van der Waals surface area contributed by atoms with Crippen molar-refractivity contribution in [1.82, 2.24) is 0 Å². The Morgan fingerprint density at radius 3 is 3.08 bits per heavy atom. The summed E-state index contributed by atoms with van der Waals surface area (Å²) in [5.41, 5.74) is 2.74. The summed E-state index contributed by atoms with van der Waals surface area (Å²) in [6.45, 7) is 1.12. The lowest BCUT2D eigenvalue weighted by molar-refractivity contribution is 0.649. The van der Waals surface area contributed by atoms with E-state index in [1.54, 1.807) is 0 Å². The highest BCUT2D eigenvalue weighted by atomic mass is 32.2. The van der Waals surface area contributed by atoms with Crippen molar-refractivity contribution in [2.24, 2.45) is 0 Å². The van der Waals surface area contributed by atoms with Gasteiger partial charge in [-0.1, -0.05) is 0 Å². The molecule has 0 amide bonds. The molecule has 1 aromatic carbocycles. The van der Waals surface area contributed by atoms with Crippen LogP contribution in [0.25, 0.3) is 0 Å². The minimum Gasteiger partial charge on any atom is -0.426 e. The molecule has 0 aromatic heterocycles. The molecule has 13 heavy (non-hydrogen) atoms. The van der Waals surface area contributed by atoms with E-state index in [-0.39, 0.29) is 0 Å². The van der Waals surface area contributed by atoms with Crippen LogP contribution in [0.1, 0.15) is 5.56 Å². The average Bonchev–Trinajstić information content (AvgIpc) is 2.48. The van der Waals surface area contributed by atoms with Crippen molar-refractivity contribution in [3.63, 3.8) is 0 Å². The number of anilines is 1. The summed E-state index contributed by atoms with van der Waals surface area (Å²) in [7, 11) is 2.13. The molecule has 0 spiro atoms. The first-order valence-electron chi connectivity index (χ1n) is 4.36. The quantitative estimate of drug-likeness (QED) is 0.672. The zero-order chi connectivity index (χ0) is 9.26. The second-order valence-electron chi connectivity index (χ2n) is 3.21. The maximum absolute atomic E-state index is 5.36. The predicted molar refractivity (Wildman–Crippen MR) is 57.6 cm³/mol. The van der Waals surface area contributed by atoms with E-state index in [4.69, 9.17) is 4.18 Å². The first kappa shape index (κ1) is 8.75. The van der Waals surface area contributed by atoms with Gasteiger partial charge in [-0.05, 0) is 30.2 Å². The molecule has 0 N–H and O–H groups in total. The minimum atomic E-state index is 0.960. The molecule has 1 heterocycles. The van der Waals surface area contributed by atoms with Gasteiger partial charge in [0.05, 0.1) is 12.0 Å². The highest BCUT2D eigenvalue weighted by Crippen LogP contribution is 2.30. The van der Waals surface area contributed by atoms with Crippen molar-refractivity contribution in [3.05, 3.63) is 23.8 Å². The molecule has 0 radical (unpaired) electrons. The number of likely N-dealkylation sites (N-methyl/N-ethyl adjacent to an activating group) is 1. The molecule has 1 aliphatic rings. The molecule has 1 aliphatic heterocycles. The Hall–Kier alpha value is -0.830. The molecule has 3 heteroatoms. The van der Waals surface area contributed by atoms with E-state index in [0.29, 0.717) is 0 Å². The summed E-state index contributed by atoms with van der Waals surface area (Å²) in [5, 5.41) is 0. The van der Waals surface area contributed by atoms with Gasteiger partial charge in [0.25, 0.3) is 0 Å². The van der Waals surface area contributed by atoms with Crippen molar-refractivity contribution >= 4 is 17.7 Å². The molecule has 2 rings (SSSR count). The van der Waals surface area contributed by atoms with Crippen LogP contribution in [0.5, 0.6) is 5.75 Å². The summed E-state index contributed by atoms with van der Waals surface area (Å²) in [5.74, 6) is 0.960. The lowest BCUT2D eigenvalue weighted by Gasteiger charge is -2.11. The first-order chi connectivity index (χ1) is 6.31. The Morgan fingerprint density at radius 2 is 2.31 bits per heavy atom. The van der Waals surface area contributed by atoms with Crippen molar-refractivity contribution in [3.8, 4) is 5.75 Å². The standard InChI is InChI=1S/C10H13NOS/c1-11-6-5-8-7-9(12-13-2)3-4-10(8)11/h3-4,7H,5-6H2,1-2H3. The van der Waals surface area contributed by atoms with Gasteiger partial charge in [0, 0.05) is 25.5 Å². The van der Waals surface area contributed by atoms with Crippen molar-refractivity contribution in [2.75, 3.05) is 24.7 Å². The summed E-state index contributed by atoms with van der Waals surface area (Å²) in [6, 6.07) is 6.29. The molecule has 0 unspecified atom stereocenters. The van der Waals surface area contributed by atoms with Gasteiger partial charge >= 0.3 is 0 Å². The van der Waals surface area contributed by atoms with Gasteiger partial charge in [0.2, 0.25) is 0 Å². The maximum atomic E-state index is 5.36. The van der Waals surface area contributed by atoms with E-state index in [0.717, 1.165) is 18.7 Å². The van der Waals surface area contributed by atoms with Gasteiger partial charge in [-0.15, -0.1) is 0 Å². The van der Waals surface area contributed by atoms with Crippen LogP contribution in [0.2, 0.25) is 0 Å². The highest BCUT2D eigenvalue weighted by Gasteiger charge is 2.15. The van der Waals surface area contributed by atoms with Crippen LogP contribution >= 0.6 is 12.0 Å². The highest BCUT2D eigenvalue weighted by molar-refractivity contribution is 7.94. The third-order valence-electron chi connectivity index (χ3n) is 2.36. The Morgan fingerprint density at radius 1 is 1.46 bits per heavy atom. The van der Waals surface area contributed by atoms with Crippen LogP contribution in [0, 0.1) is 0 Å². The molecule has 70 valence electrons. The predicted octanol–water partition coefficient (Wildman–Crippen LogP) is 2.34. The van der Waals surface area contributed by atoms with E-state index in [2.05, 4.69) is 24.1 Å². The molecule has 1 aromatic rings. The van der Waals surface area contributed by atoms with Crippen molar-refractivity contribution in [1.29, 1.82) is 0 Å². The number of benzene rings is 1. The second-order valence-corrected chi connectivity index (χ2v) is 3.71. The van der Waals surface area contributed by atoms with Crippen LogP contribution < -0.4 is 9.08 Å². The maximum Gasteiger partial charge on any atom is 0.137 e. The molecular formula is C10H13NOS. The number of hydrogen-bond acceptors (Lipinski definition) is 3. The van der Waals surface area contributed by atoms with Crippen LogP contribution in [-0.2, 0) is 6.42 Å². The van der Waals surface area contributed by atoms with Gasteiger partial charge in [-0.25, -0.2) is 0 Å². The fourth-order valence-corrected chi connectivity index (χ4v) is 1.99. The molecule has 0 aliphatic carbocycles. The fourth-order valence-electron chi connectivity index (χ4n) is 1.69. The molecule has 0 saturated heterocycles. The molecule has 0 bridgehead atoms. The van der Waals surface area contributed by atoms with Crippen molar-refractivity contribution in [2.45, 2.75) is 6.42 Å². The van der Waals surface area contributed by atoms with E-state index < -0.39 is 0 Å². The van der Waals surface area contributed by atoms with Crippen molar-refractivity contribution < 1.29 is 4.18 Å². The minimum absolute atomic E-state index is 0.960. The normalized spacial score (nSPS) is 14.5. The monoisotopic (exact) mass is 195 g/mol. The lowest BCUT2D eigenvalue weighted by Crippen LogP contribution is -2.12. The summed E-state index contributed by atoms with van der Waals surface area (Å²) in [6.07, 6.45) is 3.07. The number of fused-ring (bicyclic) bond motifs is 1. The zero-order valence-corrected chi connectivity index (χ0v) is 8.73. The number of nitrogens with zero attached hydrogens (tertiary/aromatic N) is 1. The third-order valence-corrected chi connectivity index (χ3v) is 2.72. The van der Waals surface area contributed by atoms with Crippen LogP contribution in [0.4, 0.5) is 5.69 Å². The van der Waals surface area contributed by atoms with E-state index in [9.17, 15) is 0 Å². The number of rotatable bonds is 2. The smallest absolute Gasteiger partial charge is 0.137 e. The van der Waals surface area contributed by atoms with Gasteiger partial charge in [-0.3, -0.25) is 0 Å². The van der Waals surface area contributed by atoms with E-state index in [1.165, 1.54) is 23.3 Å². The van der Waals surface area contributed by atoms with Crippen LogP contribution in [0.15, 0.2) is 18.2 Å². The lowest BCUT2D eigenvalue weighted by atomic mass is 10.1. The third kappa shape index (κ3) is 1.61. The summed E-state index contributed by atoms with van der Waals surface area (Å²) in [4.78, 5) is 2.28. The van der Waals surface area contributed by atoms with Gasteiger partial charge in [0.1, 0.15) is 5.75 Å². The molecule has 2 nitrogen and oxygen atoms in total. The zero-order valence-electron chi connectivity index (χ0n) is 7.91. The van der Waals surface area contributed by atoms with Gasteiger partial charge in [0.15, 0.2) is 0 Å². The topological polar surface area (TPSA) is 12.5 Å². The summed E-state index contributed by atoms with van der Waals surface area (Å²) >= 11 is 1.39. The molecule has 0 saturated carbocycles. The Kier molecular flexibility index (Phi) is 2.36. The van der Waals surface area contributed by atoms with E-state index >= 15 is 0 Å². The fraction of sp³-hybridized carbons (Fsp3) is 0.400. The van der Waals surface area contributed by atoms with Gasteiger partial charge < -0.3 is 9.08 Å². The molecule has 0 atom stereocenters. The Balaban J connectivity index is 2.29. The Labute approximate surface area is 83.1 Å². The van der Waals surface area contributed by atoms with E-state index in [1.807, 2.05) is 12.3 Å². The van der Waals surface area contributed by atoms with Gasteiger partial charge in [-0.2, -0.15) is 0 Å². The average molecular weight is 195 g/mol. The molecular weight excluding hydrogens is 182 g/mol.